The van der Waals surface area contributed by atoms with Crippen LogP contribution >= 0.6 is 0 Å². The fourth-order valence-electron chi connectivity index (χ4n) is 5.01. The number of anilines is 1. The van der Waals surface area contributed by atoms with Crippen LogP contribution in [0.25, 0.3) is 6.08 Å². The number of rotatable bonds is 10. The zero-order chi connectivity index (χ0) is 30.7. The summed E-state index contributed by atoms with van der Waals surface area (Å²) in [5.41, 5.74) is 1.70. The van der Waals surface area contributed by atoms with Crippen molar-refractivity contribution in [2.24, 2.45) is 0 Å². The molecule has 0 aromatic heterocycles. The van der Waals surface area contributed by atoms with Crippen LogP contribution in [-0.2, 0) is 25.2 Å². The molecule has 1 aliphatic rings. The van der Waals surface area contributed by atoms with Crippen molar-refractivity contribution in [1.29, 1.82) is 0 Å². The fourth-order valence-corrected chi connectivity index (χ4v) is 5.94. The van der Waals surface area contributed by atoms with Crippen molar-refractivity contribution in [3.63, 3.8) is 0 Å². The molecular formula is C31H34FN3O6S. The van der Waals surface area contributed by atoms with Crippen molar-refractivity contribution in [3.8, 4) is 5.75 Å². The Labute approximate surface area is 245 Å². The van der Waals surface area contributed by atoms with Crippen molar-refractivity contribution in [3.05, 3.63) is 101 Å². The summed E-state index contributed by atoms with van der Waals surface area (Å²) in [5, 5.41) is 15.2. The molecule has 1 aliphatic heterocycles. The maximum absolute atomic E-state index is 13.6. The summed E-state index contributed by atoms with van der Waals surface area (Å²) in [6.07, 6.45) is 2.95. The Morgan fingerprint density at radius 3 is 2.36 bits per heavy atom. The maximum Gasteiger partial charge on any atom is 0.244 e. The minimum Gasteiger partial charge on any atom is -0.484 e. The van der Waals surface area contributed by atoms with Gasteiger partial charge in [-0.1, -0.05) is 42.5 Å². The van der Waals surface area contributed by atoms with Gasteiger partial charge in [-0.05, 0) is 54.8 Å². The summed E-state index contributed by atoms with van der Waals surface area (Å²) in [4.78, 5) is 26.1. The molecular weight excluding hydrogens is 561 g/mol. The summed E-state index contributed by atoms with van der Waals surface area (Å²) in [5.74, 6) is -1.81. The second kappa shape index (κ2) is 12.3. The average molecular weight is 596 g/mol. The Morgan fingerprint density at radius 1 is 1.10 bits per heavy atom. The van der Waals surface area contributed by atoms with Gasteiger partial charge in [0.2, 0.25) is 21.8 Å². The highest BCUT2D eigenvalue weighted by atomic mass is 32.2. The molecule has 0 saturated carbocycles. The minimum atomic E-state index is -3.87. The van der Waals surface area contributed by atoms with Gasteiger partial charge in [-0.2, -0.15) is 0 Å². The minimum absolute atomic E-state index is 0.159. The number of carbonyl (C=O) groups excluding carboxylic acids is 2. The van der Waals surface area contributed by atoms with Crippen LogP contribution in [0.3, 0.4) is 0 Å². The number of nitrogens with one attached hydrogen (secondary N) is 2. The highest BCUT2D eigenvalue weighted by molar-refractivity contribution is 7.92. The topological polar surface area (TPSA) is 125 Å². The van der Waals surface area contributed by atoms with E-state index in [2.05, 4.69) is 10.6 Å². The van der Waals surface area contributed by atoms with E-state index in [1.807, 2.05) is 44.2 Å². The predicted octanol–water partition coefficient (Wildman–Crippen LogP) is 3.61. The smallest absolute Gasteiger partial charge is 0.244 e. The number of hydrogen-bond donors (Lipinski definition) is 3. The Bertz CT molecular complexity index is 1590. The third kappa shape index (κ3) is 6.63. The van der Waals surface area contributed by atoms with Gasteiger partial charge >= 0.3 is 0 Å². The number of sulfonamides is 1. The molecule has 3 aromatic carbocycles. The fraction of sp³-hybridized carbons (Fsp3) is 0.290. The quantitative estimate of drug-likeness (QED) is 0.308. The molecule has 3 N–H and O–H groups in total. The monoisotopic (exact) mass is 595 g/mol. The molecule has 0 bridgehead atoms. The van der Waals surface area contributed by atoms with Crippen molar-refractivity contribution in [2.75, 3.05) is 30.8 Å². The molecule has 0 aliphatic carbocycles. The van der Waals surface area contributed by atoms with E-state index >= 15 is 0 Å². The van der Waals surface area contributed by atoms with Crippen LogP contribution in [0, 0.1) is 5.82 Å². The normalized spacial score (nSPS) is 16.5. The molecule has 11 heteroatoms. The first-order valence-electron chi connectivity index (χ1n) is 13.3. The number of aliphatic hydroxyl groups excluding tert-OH is 1. The molecule has 9 nitrogen and oxygen atoms in total. The third-order valence-electron chi connectivity index (χ3n) is 7.10. The van der Waals surface area contributed by atoms with Crippen molar-refractivity contribution in [1.82, 2.24) is 10.6 Å². The number of likely N-dealkylation sites (N-methyl/N-ethyl adjacent to an activating group) is 1. The number of carbonyl (C=O) groups is 2. The van der Waals surface area contributed by atoms with Crippen molar-refractivity contribution in [2.45, 2.75) is 31.4 Å². The first-order chi connectivity index (χ1) is 19.9. The molecule has 222 valence electrons. The van der Waals surface area contributed by atoms with Crippen LogP contribution in [0.2, 0.25) is 0 Å². The lowest BCUT2D eigenvalue weighted by atomic mass is 9.89. The first kappa shape index (κ1) is 30.7. The van der Waals surface area contributed by atoms with Crippen LogP contribution in [0.4, 0.5) is 10.1 Å². The van der Waals surface area contributed by atoms with Crippen LogP contribution in [0.15, 0.2) is 72.8 Å². The summed E-state index contributed by atoms with van der Waals surface area (Å²) in [7, 11) is -2.38. The van der Waals surface area contributed by atoms with E-state index in [1.165, 1.54) is 49.5 Å². The van der Waals surface area contributed by atoms with E-state index in [-0.39, 0.29) is 23.9 Å². The molecule has 0 fully saturated rings. The van der Waals surface area contributed by atoms with Crippen LogP contribution in [0.1, 0.15) is 48.1 Å². The molecule has 2 unspecified atom stereocenters. The van der Waals surface area contributed by atoms with E-state index in [1.54, 1.807) is 6.07 Å². The van der Waals surface area contributed by atoms with E-state index in [0.717, 1.165) is 16.1 Å². The van der Waals surface area contributed by atoms with E-state index in [9.17, 15) is 27.5 Å². The van der Waals surface area contributed by atoms with Crippen molar-refractivity contribution < 1.29 is 32.2 Å². The Balaban J connectivity index is 1.79. The van der Waals surface area contributed by atoms with Gasteiger partial charge in [0.05, 0.1) is 30.6 Å². The first-order valence-corrected chi connectivity index (χ1v) is 15.2. The van der Waals surface area contributed by atoms with Gasteiger partial charge in [-0.25, -0.2) is 12.8 Å². The average Bonchev–Trinajstić information content (AvgIpc) is 3.32. The van der Waals surface area contributed by atoms with Gasteiger partial charge in [0.15, 0.2) is 0 Å². The summed E-state index contributed by atoms with van der Waals surface area (Å²) in [6.45, 7) is 3.02. The molecule has 2 amide bonds. The van der Waals surface area contributed by atoms with Gasteiger partial charge < -0.3 is 20.5 Å². The van der Waals surface area contributed by atoms with Crippen LogP contribution in [0.5, 0.6) is 5.75 Å². The summed E-state index contributed by atoms with van der Waals surface area (Å²) >= 11 is 0. The zero-order valence-corrected chi connectivity index (χ0v) is 24.6. The van der Waals surface area contributed by atoms with E-state index in [0.29, 0.717) is 16.7 Å². The highest BCUT2D eigenvalue weighted by Crippen LogP contribution is 2.49. The number of nitrogens with zero attached hydrogens (tertiary/aromatic N) is 1. The highest BCUT2D eigenvalue weighted by Gasteiger charge is 2.41. The van der Waals surface area contributed by atoms with Gasteiger partial charge in [0.25, 0.3) is 0 Å². The van der Waals surface area contributed by atoms with Gasteiger partial charge in [0.1, 0.15) is 23.6 Å². The lowest BCUT2D eigenvalue weighted by Gasteiger charge is -2.26. The number of amides is 2. The van der Waals surface area contributed by atoms with Gasteiger partial charge in [-0.3, -0.25) is 13.9 Å². The summed E-state index contributed by atoms with van der Waals surface area (Å²) in [6, 6.07) is 18.1. The molecule has 0 spiro atoms. The second-order valence-electron chi connectivity index (χ2n) is 10.5. The number of halogens is 1. The number of ether oxygens (including phenoxy) is 1. The largest absolute Gasteiger partial charge is 0.484 e. The van der Waals surface area contributed by atoms with Crippen LogP contribution in [-0.4, -0.2) is 51.8 Å². The van der Waals surface area contributed by atoms with Gasteiger partial charge in [-0.15, -0.1) is 0 Å². The molecule has 2 atom stereocenters. The Hall–Kier alpha value is -4.22. The SMILES string of the molecule is CNC(=O)C1c2cc(/C=C/C(=O)NC(C)(C)c3ccccc3)c(N(CCO)S(C)(=O)=O)cc2OC1c1ccc(F)cc1. The van der Waals surface area contributed by atoms with E-state index in [4.69, 9.17) is 4.74 Å². The second-order valence-corrected chi connectivity index (χ2v) is 12.4. The molecule has 1 heterocycles. The number of fused-ring (bicyclic) bond motifs is 1. The number of benzene rings is 3. The van der Waals surface area contributed by atoms with E-state index < -0.39 is 45.9 Å². The van der Waals surface area contributed by atoms with Crippen molar-refractivity contribution >= 4 is 33.6 Å². The Morgan fingerprint density at radius 2 is 1.76 bits per heavy atom. The number of aliphatic hydroxyl groups is 1. The molecule has 4 rings (SSSR count). The predicted molar refractivity (Wildman–Crippen MR) is 159 cm³/mol. The van der Waals surface area contributed by atoms with Gasteiger partial charge in [0, 0.05) is 24.8 Å². The molecule has 0 saturated heterocycles. The lowest BCUT2D eigenvalue weighted by molar-refractivity contribution is -0.123. The zero-order valence-electron chi connectivity index (χ0n) is 23.8. The summed E-state index contributed by atoms with van der Waals surface area (Å²) < 4.78 is 46.4. The number of hydrogen-bond acceptors (Lipinski definition) is 6. The standard InChI is InChI=1S/C31H34FN3O6S/c1-31(2,22-8-6-5-7-9-22)34-27(37)15-12-21-18-24-26(19-25(21)35(16-17-36)42(4,39)40)41-29(28(24)30(38)33-3)20-10-13-23(32)14-11-20/h5-15,18-19,28-29,36H,16-17H2,1-4H3,(H,33,38)(H,34,37)/b15-12+. The van der Waals surface area contributed by atoms with Crippen LogP contribution < -0.4 is 19.7 Å². The molecule has 42 heavy (non-hydrogen) atoms. The lowest BCUT2D eigenvalue weighted by Crippen LogP contribution is -2.40. The molecule has 0 radical (unpaired) electrons. The maximum atomic E-state index is 13.6. The molecule has 3 aromatic rings. The third-order valence-corrected chi connectivity index (χ3v) is 8.28. The Kier molecular flexibility index (Phi) is 9.03.